The largest absolute Gasteiger partial charge is 0.456 e. The van der Waals surface area contributed by atoms with Gasteiger partial charge in [-0.3, -0.25) is 4.79 Å². The van der Waals surface area contributed by atoms with Gasteiger partial charge in [0.25, 0.3) is 0 Å². The van der Waals surface area contributed by atoms with Crippen LogP contribution < -0.4 is 5.32 Å². The predicted octanol–water partition coefficient (Wildman–Crippen LogP) is 0.560. The van der Waals surface area contributed by atoms with Crippen molar-refractivity contribution in [2.75, 3.05) is 13.2 Å². The summed E-state index contributed by atoms with van der Waals surface area (Å²) in [4.78, 5) is 25.7. The Bertz CT molecular complexity index is 473. The smallest absolute Gasteiger partial charge is 0.333 e. The predicted molar refractivity (Wildman–Crippen MR) is 67.0 cm³/mol. The Morgan fingerprint density at radius 1 is 1.26 bits per heavy atom. The minimum Gasteiger partial charge on any atom is -0.456 e. The molecule has 4 aliphatic rings. The fourth-order valence-corrected chi connectivity index (χ4v) is 4.24. The standard InChI is InChI=1S/C14H18N2O3/c17-12-5-11(8-19-12)16-4-3-14(13(16)18)6-9-1-2-10(7-14)15-9/h5,9-10,15H,1-4,6-8H2/t9-,10+,14-. The quantitative estimate of drug-likeness (QED) is 0.702. The van der Waals surface area contributed by atoms with E-state index in [2.05, 4.69) is 5.32 Å². The van der Waals surface area contributed by atoms with Crippen molar-refractivity contribution >= 4 is 11.9 Å². The average molecular weight is 262 g/mol. The number of fused-ring (bicyclic) bond motifs is 2. The molecule has 1 spiro atoms. The highest BCUT2D eigenvalue weighted by molar-refractivity contribution is 5.90. The minimum atomic E-state index is -0.325. The zero-order valence-electron chi connectivity index (χ0n) is 10.9. The van der Waals surface area contributed by atoms with Gasteiger partial charge in [-0.25, -0.2) is 4.79 Å². The van der Waals surface area contributed by atoms with Crippen LogP contribution in [0.2, 0.25) is 0 Å². The molecule has 1 amide bonds. The molecule has 4 heterocycles. The van der Waals surface area contributed by atoms with Crippen LogP contribution in [0.15, 0.2) is 11.8 Å². The van der Waals surface area contributed by atoms with Crippen molar-refractivity contribution < 1.29 is 14.3 Å². The van der Waals surface area contributed by atoms with Crippen molar-refractivity contribution in [1.29, 1.82) is 0 Å². The van der Waals surface area contributed by atoms with Gasteiger partial charge in [-0.1, -0.05) is 0 Å². The van der Waals surface area contributed by atoms with E-state index in [1.54, 1.807) is 4.90 Å². The van der Waals surface area contributed by atoms with Crippen LogP contribution in [0.1, 0.15) is 32.1 Å². The first-order valence-electron chi connectivity index (χ1n) is 7.12. The van der Waals surface area contributed by atoms with Gasteiger partial charge in [-0.15, -0.1) is 0 Å². The summed E-state index contributed by atoms with van der Waals surface area (Å²) in [5, 5.41) is 3.59. The third-order valence-electron chi connectivity index (χ3n) is 5.12. The van der Waals surface area contributed by atoms with Gasteiger partial charge in [0.1, 0.15) is 6.61 Å². The Hall–Kier alpha value is -1.36. The summed E-state index contributed by atoms with van der Waals surface area (Å²) in [7, 11) is 0. The first-order valence-corrected chi connectivity index (χ1v) is 7.12. The number of nitrogens with one attached hydrogen (secondary N) is 1. The van der Waals surface area contributed by atoms with Gasteiger partial charge in [0, 0.05) is 24.7 Å². The van der Waals surface area contributed by atoms with Crippen molar-refractivity contribution in [2.45, 2.75) is 44.2 Å². The van der Waals surface area contributed by atoms with E-state index in [0.717, 1.165) is 31.5 Å². The van der Waals surface area contributed by atoms with Gasteiger partial charge >= 0.3 is 5.97 Å². The third-order valence-corrected chi connectivity index (χ3v) is 5.12. The van der Waals surface area contributed by atoms with Crippen LogP contribution in [0.5, 0.6) is 0 Å². The molecule has 0 aromatic rings. The summed E-state index contributed by atoms with van der Waals surface area (Å²) in [5.74, 6) is -0.107. The normalized spacial score (nSPS) is 41.1. The number of amides is 1. The number of hydrogen-bond donors (Lipinski definition) is 1. The maximum Gasteiger partial charge on any atom is 0.333 e. The van der Waals surface area contributed by atoms with Gasteiger partial charge in [-0.2, -0.15) is 0 Å². The van der Waals surface area contributed by atoms with Gasteiger partial charge in [0.15, 0.2) is 0 Å². The Morgan fingerprint density at radius 3 is 2.63 bits per heavy atom. The molecule has 5 heteroatoms. The summed E-state index contributed by atoms with van der Waals surface area (Å²) in [5.41, 5.74) is 0.571. The lowest BCUT2D eigenvalue weighted by Crippen LogP contribution is -2.48. The summed E-state index contributed by atoms with van der Waals surface area (Å²) in [6, 6.07) is 1.02. The van der Waals surface area contributed by atoms with Crippen molar-refractivity contribution in [1.82, 2.24) is 10.2 Å². The van der Waals surface area contributed by atoms with Gasteiger partial charge < -0.3 is 15.0 Å². The van der Waals surface area contributed by atoms with E-state index >= 15 is 0 Å². The van der Waals surface area contributed by atoms with E-state index in [0.29, 0.717) is 12.1 Å². The topological polar surface area (TPSA) is 58.6 Å². The van der Waals surface area contributed by atoms with Crippen LogP contribution in [-0.4, -0.2) is 42.0 Å². The van der Waals surface area contributed by atoms with Crippen LogP contribution in [0.25, 0.3) is 0 Å². The molecule has 0 aromatic carbocycles. The van der Waals surface area contributed by atoms with Crippen molar-refractivity contribution in [3.05, 3.63) is 11.8 Å². The fourth-order valence-electron chi connectivity index (χ4n) is 4.24. The number of nitrogens with zero attached hydrogens (tertiary/aromatic N) is 1. The highest BCUT2D eigenvalue weighted by atomic mass is 16.5. The number of carbonyl (C=O) groups excluding carboxylic acids is 2. The number of carbonyl (C=O) groups is 2. The second-order valence-electron chi connectivity index (χ2n) is 6.28. The number of likely N-dealkylation sites (tertiary alicyclic amines) is 1. The number of rotatable bonds is 1. The summed E-state index contributed by atoms with van der Waals surface area (Å²) < 4.78 is 4.92. The number of piperidine rings is 1. The van der Waals surface area contributed by atoms with Crippen molar-refractivity contribution in [3.63, 3.8) is 0 Å². The molecule has 0 saturated carbocycles. The summed E-state index contributed by atoms with van der Waals surface area (Å²) in [6.45, 7) is 0.993. The Labute approximate surface area is 112 Å². The Balaban J connectivity index is 1.59. The molecule has 3 fully saturated rings. The average Bonchev–Trinajstić information content (AvgIpc) is 3.03. The maximum atomic E-state index is 12.8. The molecular formula is C14H18N2O3. The molecule has 0 radical (unpaired) electrons. The van der Waals surface area contributed by atoms with Crippen molar-refractivity contribution in [3.8, 4) is 0 Å². The molecular weight excluding hydrogens is 244 g/mol. The molecule has 0 aliphatic carbocycles. The van der Waals surface area contributed by atoms with E-state index in [4.69, 9.17) is 4.74 Å². The SMILES string of the molecule is O=C1C=C(N2CC[C@]3(C[C@H]4CC[C@@H](C3)N4)C2=O)CO1. The number of cyclic esters (lactones) is 1. The fraction of sp³-hybridized carbons (Fsp3) is 0.714. The zero-order chi connectivity index (χ0) is 13.0. The lowest BCUT2D eigenvalue weighted by Gasteiger charge is -2.36. The van der Waals surface area contributed by atoms with Crippen LogP contribution in [0.3, 0.4) is 0 Å². The Kier molecular flexibility index (Phi) is 2.31. The van der Waals surface area contributed by atoms with Crippen LogP contribution in [-0.2, 0) is 14.3 Å². The summed E-state index contributed by atoms with van der Waals surface area (Å²) in [6.07, 6.45) is 6.70. The first kappa shape index (κ1) is 11.5. The second kappa shape index (κ2) is 3.82. The third kappa shape index (κ3) is 1.64. The highest BCUT2D eigenvalue weighted by Gasteiger charge is 2.53. The van der Waals surface area contributed by atoms with E-state index < -0.39 is 0 Å². The van der Waals surface area contributed by atoms with E-state index in [1.807, 2.05) is 0 Å². The van der Waals surface area contributed by atoms with Crippen LogP contribution >= 0.6 is 0 Å². The molecule has 1 N–H and O–H groups in total. The van der Waals surface area contributed by atoms with Gasteiger partial charge in [0.05, 0.1) is 11.1 Å². The number of hydrogen-bond acceptors (Lipinski definition) is 4. The van der Waals surface area contributed by atoms with Gasteiger partial charge in [-0.05, 0) is 32.1 Å². The molecule has 0 aromatic heterocycles. The molecule has 2 bridgehead atoms. The zero-order valence-corrected chi connectivity index (χ0v) is 10.9. The summed E-state index contributed by atoms with van der Waals surface area (Å²) >= 11 is 0. The first-order chi connectivity index (χ1) is 9.16. The van der Waals surface area contributed by atoms with E-state index in [9.17, 15) is 9.59 Å². The highest BCUT2D eigenvalue weighted by Crippen LogP contribution is 2.48. The van der Waals surface area contributed by atoms with E-state index in [1.165, 1.54) is 18.9 Å². The van der Waals surface area contributed by atoms with Gasteiger partial charge in [0.2, 0.25) is 5.91 Å². The lowest BCUT2D eigenvalue weighted by molar-refractivity contribution is -0.138. The molecule has 102 valence electrons. The number of esters is 1. The molecule has 4 rings (SSSR count). The van der Waals surface area contributed by atoms with Crippen LogP contribution in [0, 0.1) is 5.41 Å². The molecule has 0 unspecified atom stereocenters. The molecule has 3 saturated heterocycles. The van der Waals surface area contributed by atoms with E-state index in [-0.39, 0.29) is 23.9 Å². The van der Waals surface area contributed by atoms with Crippen LogP contribution in [0.4, 0.5) is 0 Å². The minimum absolute atomic E-state index is 0.177. The maximum absolute atomic E-state index is 12.8. The second-order valence-corrected chi connectivity index (χ2v) is 6.28. The number of ether oxygens (including phenoxy) is 1. The molecule has 3 atom stereocenters. The molecule has 19 heavy (non-hydrogen) atoms. The van der Waals surface area contributed by atoms with Crippen molar-refractivity contribution in [2.24, 2.45) is 5.41 Å². The molecule has 4 aliphatic heterocycles. The monoisotopic (exact) mass is 262 g/mol. The Morgan fingerprint density at radius 2 is 2.00 bits per heavy atom. The molecule has 5 nitrogen and oxygen atoms in total. The lowest BCUT2D eigenvalue weighted by atomic mass is 9.74.